The molecule has 0 aromatic heterocycles. The molecule has 1 spiro atoms. The van der Waals surface area contributed by atoms with E-state index in [9.17, 15) is 14.4 Å². The van der Waals surface area contributed by atoms with Crippen molar-refractivity contribution in [3.63, 3.8) is 0 Å². The van der Waals surface area contributed by atoms with Gasteiger partial charge < -0.3 is 20.3 Å². The number of nitrogens with zero attached hydrogens (tertiary/aromatic N) is 1. The highest BCUT2D eigenvalue weighted by atomic mass is 16.5. The maximum absolute atomic E-state index is 14.2. The lowest BCUT2D eigenvalue weighted by Gasteiger charge is -2.38. The lowest BCUT2D eigenvalue weighted by Crippen LogP contribution is -2.57. The number of nitrogens with one attached hydrogen (secondary N) is 2. The van der Waals surface area contributed by atoms with Gasteiger partial charge in [-0.3, -0.25) is 14.4 Å². The summed E-state index contributed by atoms with van der Waals surface area (Å²) in [7, 11) is 0. The molecule has 7 nitrogen and oxygen atoms in total. The van der Waals surface area contributed by atoms with Crippen molar-refractivity contribution in [2.45, 2.75) is 77.3 Å². The highest BCUT2D eigenvalue weighted by molar-refractivity contribution is 6.02. The predicted octanol–water partition coefficient (Wildman–Crippen LogP) is 4.53. The van der Waals surface area contributed by atoms with E-state index in [0.29, 0.717) is 17.5 Å². The third-order valence-electron chi connectivity index (χ3n) is 9.93. The molecule has 40 heavy (non-hydrogen) atoms. The first-order valence-corrected chi connectivity index (χ1v) is 14.6. The van der Waals surface area contributed by atoms with Crippen LogP contribution in [0.4, 0.5) is 5.69 Å². The van der Waals surface area contributed by atoms with E-state index in [0.717, 1.165) is 36.0 Å². The normalized spacial score (nSPS) is 34.1. The van der Waals surface area contributed by atoms with Crippen LogP contribution in [-0.4, -0.2) is 46.4 Å². The first-order valence-electron chi connectivity index (χ1n) is 14.6. The van der Waals surface area contributed by atoms with Crippen molar-refractivity contribution in [3.8, 4) is 0 Å². The average Bonchev–Trinajstić information content (AvgIpc) is 3.57. The monoisotopic (exact) mass is 541 g/mol. The van der Waals surface area contributed by atoms with E-state index < -0.39 is 29.6 Å². The molecular formula is C33H39N3O4. The third-order valence-corrected chi connectivity index (χ3v) is 9.93. The van der Waals surface area contributed by atoms with Crippen molar-refractivity contribution in [3.05, 3.63) is 77.4 Å². The minimum absolute atomic E-state index is 0.0480. The fraction of sp³-hybridized carbons (Fsp3) is 0.485. The minimum Gasteiger partial charge on any atom is -0.359 e. The number of benzene rings is 2. The highest BCUT2D eigenvalue weighted by Crippen LogP contribution is 2.55. The maximum atomic E-state index is 14.2. The Bertz CT molecular complexity index is 1360. The summed E-state index contributed by atoms with van der Waals surface area (Å²) in [6.07, 6.45) is 6.35. The van der Waals surface area contributed by atoms with Gasteiger partial charge in [0.2, 0.25) is 17.7 Å². The number of aryl methyl sites for hydroxylation is 2. The standard InChI is InChI=1S/C33H39N3O4/c1-19-13-14-24(17-21(19)3)34-30(37)27-26-15-16-33(40-26)28(27)32(39)36(18-23-10-6-5-7-11-23)29(33)31(38)35-25-12-8-9-20(2)22(25)4/h5-7,10-11,13-17,20,22,25-29H,8-9,12,18H2,1-4H3,(H,34,37)(H,35,38)/t20-,22+,25+,26+,27-,28+,29+,33+/m0/s1. The van der Waals surface area contributed by atoms with E-state index in [2.05, 4.69) is 24.5 Å². The summed E-state index contributed by atoms with van der Waals surface area (Å²) in [5.41, 5.74) is 2.66. The minimum atomic E-state index is -1.17. The van der Waals surface area contributed by atoms with Crippen molar-refractivity contribution in [2.24, 2.45) is 23.7 Å². The van der Waals surface area contributed by atoms with E-state index in [-0.39, 0.29) is 30.3 Å². The zero-order chi connectivity index (χ0) is 28.2. The summed E-state index contributed by atoms with van der Waals surface area (Å²) in [6, 6.07) is 14.7. The number of carbonyl (C=O) groups is 3. The molecule has 0 radical (unpaired) electrons. The number of amides is 3. The van der Waals surface area contributed by atoms with Gasteiger partial charge in [-0.25, -0.2) is 0 Å². The van der Waals surface area contributed by atoms with Crippen molar-refractivity contribution in [1.29, 1.82) is 0 Å². The van der Waals surface area contributed by atoms with E-state index in [1.807, 2.05) is 74.5 Å². The fourth-order valence-corrected chi connectivity index (χ4v) is 7.31. The lowest BCUT2D eigenvalue weighted by atomic mass is 9.73. The van der Waals surface area contributed by atoms with E-state index in [1.54, 1.807) is 4.90 Å². The van der Waals surface area contributed by atoms with Crippen LogP contribution in [0.15, 0.2) is 60.7 Å². The second-order valence-electron chi connectivity index (χ2n) is 12.3. The summed E-state index contributed by atoms with van der Waals surface area (Å²) in [6.45, 7) is 8.74. The van der Waals surface area contributed by atoms with Gasteiger partial charge in [0.1, 0.15) is 11.6 Å². The number of ether oxygens (including phenoxy) is 1. The molecule has 3 aliphatic heterocycles. The Hall–Kier alpha value is -3.45. The van der Waals surface area contributed by atoms with Gasteiger partial charge in [-0.15, -0.1) is 0 Å². The Balaban J connectivity index is 1.32. The van der Waals surface area contributed by atoms with Crippen LogP contribution in [0.2, 0.25) is 0 Å². The SMILES string of the molecule is Cc1ccc(NC(=O)[C@H]2[C@H]3C=C[C@@]4(O3)[C@H]2C(=O)N(Cc2ccccc2)[C@@H]4C(=O)N[C@@H]2CCC[C@H](C)[C@H]2C)cc1C. The molecule has 6 rings (SSSR count). The van der Waals surface area contributed by atoms with Crippen LogP contribution in [0, 0.1) is 37.5 Å². The number of carbonyl (C=O) groups excluding carboxylic acids is 3. The molecule has 1 aliphatic carbocycles. The Labute approximate surface area is 236 Å². The molecule has 3 fully saturated rings. The molecule has 2 bridgehead atoms. The van der Waals surface area contributed by atoms with E-state index in [1.165, 1.54) is 0 Å². The van der Waals surface area contributed by atoms with Gasteiger partial charge in [0.15, 0.2) is 0 Å². The van der Waals surface area contributed by atoms with Gasteiger partial charge in [0.05, 0.1) is 17.9 Å². The Morgan fingerprint density at radius 1 is 1.02 bits per heavy atom. The largest absolute Gasteiger partial charge is 0.359 e. The van der Waals surface area contributed by atoms with Crippen LogP contribution in [-0.2, 0) is 25.7 Å². The Morgan fingerprint density at radius 3 is 2.55 bits per heavy atom. The van der Waals surface area contributed by atoms with Gasteiger partial charge >= 0.3 is 0 Å². The fourth-order valence-electron chi connectivity index (χ4n) is 7.31. The molecule has 2 aromatic rings. The number of rotatable bonds is 6. The van der Waals surface area contributed by atoms with Crippen LogP contribution >= 0.6 is 0 Å². The number of hydrogen-bond acceptors (Lipinski definition) is 4. The van der Waals surface area contributed by atoms with E-state index >= 15 is 0 Å². The summed E-state index contributed by atoms with van der Waals surface area (Å²) < 4.78 is 6.51. The zero-order valence-corrected chi connectivity index (χ0v) is 23.7. The number of anilines is 1. The van der Waals surface area contributed by atoms with Gasteiger partial charge in [-0.1, -0.05) is 75.2 Å². The molecule has 2 saturated heterocycles. The van der Waals surface area contributed by atoms with Gasteiger partial charge in [0, 0.05) is 18.3 Å². The number of fused-ring (bicyclic) bond motifs is 1. The quantitative estimate of drug-likeness (QED) is 0.526. The van der Waals surface area contributed by atoms with Gasteiger partial charge in [-0.2, -0.15) is 0 Å². The summed E-state index contributed by atoms with van der Waals surface area (Å²) in [5.74, 6) is -1.28. The van der Waals surface area contributed by atoms with Crippen LogP contribution in [0.5, 0.6) is 0 Å². The van der Waals surface area contributed by atoms with E-state index in [4.69, 9.17) is 4.74 Å². The molecule has 4 aliphatic rings. The van der Waals surface area contributed by atoms with Crippen molar-refractivity contribution < 1.29 is 19.1 Å². The Morgan fingerprint density at radius 2 is 1.80 bits per heavy atom. The molecule has 2 N–H and O–H groups in total. The molecule has 0 unspecified atom stereocenters. The van der Waals surface area contributed by atoms with Gasteiger partial charge in [-0.05, 0) is 60.9 Å². The molecular weight excluding hydrogens is 502 g/mol. The van der Waals surface area contributed by atoms with Crippen LogP contribution < -0.4 is 10.6 Å². The third kappa shape index (κ3) is 4.35. The molecule has 210 valence electrons. The first kappa shape index (κ1) is 26.8. The summed E-state index contributed by atoms with van der Waals surface area (Å²) >= 11 is 0. The molecule has 2 aromatic carbocycles. The maximum Gasteiger partial charge on any atom is 0.246 e. The highest BCUT2D eigenvalue weighted by Gasteiger charge is 2.72. The molecule has 3 amide bonds. The first-order chi connectivity index (χ1) is 19.2. The Kier molecular flexibility index (Phi) is 6.81. The summed E-state index contributed by atoms with van der Waals surface area (Å²) in [4.78, 5) is 43.7. The number of hydrogen-bond donors (Lipinski definition) is 2. The predicted molar refractivity (Wildman–Crippen MR) is 153 cm³/mol. The lowest BCUT2D eigenvalue weighted by molar-refractivity contribution is -0.142. The molecule has 7 heteroatoms. The van der Waals surface area contributed by atoms with Gasteiger partial charge in [0.25, 0.3) is 0 Å². The smallest absolute Gasteiger partial charge is 0.246 e. The average molecular weight is 542 g/mol. The van der Waals surface area contributed by atoms with Crippen molar-refractivity contribution in [2.75, 3.05) is 5.32 Å². The zero-order valence-electron chi connectivity index (χ0n) is 23.7. The second kappa shape index (κ2) is 10.2. The topological polar surface area (TPSA) is 87.7 Å². The van der Waals surface area contributed by atoms with Crippen molar-refractivity contribution in [1.82, 2.24) is 10.2 Å². The summed E-state index contributed by atoms with van der Waals surface area (Å²) in [5, 5.41) is 6.34. The number of likely N-dealkylation sites (tertiary alicyclic amines) is 1. The molecule has 1 saturated carbocycles. The van der Waals surface area contributed by atoms with Crippen LogP contribution in [0.25, 0.3) is 0 Å². The molecule has 3 heterocycles. The second-order valence-corrected chi connectivity index (χ2v) is 12.3. The van der Waals surface area contributed by atoms with Crippen LogP contribution in [0.3, 0.4) is 0 Å². The van der Waals surface area contributed by atoms with Crippen LogP contribution in [0.1, 0.15) is 49.8 Å². The van der Waals surface area contributed by atoms with Crippen molar-refractivity contribution >= 4 is 23.4 Å². The molecule has 8 atom stereocenters.